The fraction of sp³-hybridized carbons (Fsp3) is 0.412. The number of benzene rings is 1. The number of rotatable bonds is 5. The molecule has 7 heteroatoms. The SMILES string of the molecule is Cc1cccc(C(=O)N[C@H](C)C(=O)Nc2nc(C(C)C)nn2C)c1. The molecule has 1 heterocycles. The molecule has 0 unspecified atom stereocenters. The Hall–Kier alpha value is -2.70. The molecule has 128 valence electrons. The third-order valence-electron chi connectivity index (χ3n) is 3.55. The predicted octanol–water partition coefficient (Wildman–Crippen LogP) is 2.00. The van der Waals surface area contributed by atoms with E-state index in [1.54, 1.807) is 26.1 Å². The lowest BCUT2D eigenvalue weighted by molar-refractivity contribution is -0.117. The van der Waals surface area contributed by atoms with Crippen molar-refractivity contribution in [3.05, 3.63) is 41.2 Å². The van der Waals surface area contributed by atoms with Crippen molar-refractivity contribution in [2.75, 3.05) is 5.32 Å². The summed E-state index contributed by atoms with van der Waals surface area (Å²) in [4.78, 5) is 28.8. The van der Waals surface area contributed by atoms with Gasteiger partial charge in [-0.2, -0.15) is 10.1 Å². The van der Waals surface area contributed by atoms with E-state index in [-0.39, 0.29) is 17.7 Å². The minimum absolute atomic E-state index is 0.167. The van der Waals surface area contributed by atoms with Gasteiger partial charge in [0.05, 0.1) is 0 Å². The van der Waals surface area contributed by atoms with E-state index in [4.69, 9.17) is 0 Å². The van der Waals surface area contributed by atoms with E-state index in [1.165, 1.54) is 4.68 Å². The lowest BCUT2D eigenvalue weighted by atomic mass is 10.1. The number of aryl methyl sites for hydroxylation is 2. The molecular formula is C17H23N5O2. The zero-order valence-electron chi connectivity index (χ0n) is 14.6. The predicted molar refractivity (Wildman–Crippen MR) is 91.8 cm³/mol. The molecule has 0 saturated heterocycles. The summed E-state index contributed by atoms with van der Waals surface area (Å²) in [6.07, 6.45) is 0. The van der Waals surface area contributed by atoms with Crippen molar-refractivity contribution in [1.29, 1.82) is 0 Å². The van der Waals surface area contributed by atoms with E-state index >= 15 is 0 Å². The van der Waals surface area contributed by atoms with Gasteiger partial charge in [-0.1, -0.05) is 31.5 Å². The van der Waals surface area contributed by atoms with Crippen LogP contribution in [0.3, 0.4) is 0 Å². The van der Waals surface area contributed by atoms with Crippen molar-refractivity contribution in [3.8, 4) is 0 Å². The topological polar surface area (TPSA) is 88.9 Å². The van der Waals surface area contributed by atoms with Gasteiger partial charge < -0.3 is 5.32 Å². The van der Waals surface area contributed by atoms with Crippen molar-refractivity contribution in [2.24, 2.45) is 7.05 Å². The number of carbonyl (C=O) groups is 2. The summed E-state index contributed by atoms with van der Waals surface area (Å²) in [7, 11) is 1.71. The Morgan fingerprint density at radius 1 is 1.21 bits per heavy atom. The van der Waals surface area contributed by atoms with Crippen LogP contribution in [0.25, 0.3) is 0 Å². The van der Waals surface area contributed by atoms with E-state index in [0.717, 1.165) is 5.56 Å². The molecule has 0 saturated carbocycles. The van der Waals surface area contributed by atoms with Crippen molar-refractivity contribution in [3.63, 3.8) is 0 Å². The fourth-order valence-electron chi connectivity index (χ4n) is 2.11. The molecule has 2 N–H and O–H groups in total. The number of anilines is 1. The number of hydrogen-bond donors (Lipinski definition) is 2. The standard InChI is InChI=1S/C17H23N5O2/c1-10(2)14-19-17(22(5)21-14)20-15(23)12(4)18-16(24)13-8-6-7-11(3)9-13/h6-10,12H,1-5H3,(H,18,24)(H,19,20,21,23)/t12-/m1/s1. The van der Waals surface area contributed by atoms with Crippen LogP contribution in [0.4, 0.5) is 5.95 Å². The van der Waals surface area contributed by atoms with E-state index in [0.29, 0.717) is 17.3 Å². The summed E-state index contributed by atoms with van der Waals surface area (Å²) >= 11 is 0. The summed E-state index contributed by atoms with van der Waals surface area (Å²) in [5.41, 5.74) is 1.51. The molecule has 0 radical (unpaired) electrons. The highest BCUT2D eigenvalue weighted by Gasteiger charge is 2.19. The second kappa shape index (κ2) is 7.25. The first kappa shape index (κ1) is 17.7. The average molecular weight is 329 g/mol. The molecule has 2 aromatic rings. The third kappa shape index (κ3) is 4.18. The van der Waals surface area contributed by atoms with E-state index < -0.39 is 6.04 Å². The average Bonchev–Trinajstić information content (AvgIpc) is 2.88. The number of hydrogen-bond acceptors (Lipinski definition) is 4. The molecule has 7 nitrogen and oxygen atoms in total. The molecule has 0 fully saturated rings. The second-order valence-electron chi connectivity index (χ2n) is 6.13. The Labute approximate surface area is 141 Å². The molecule has 0 aliphatic rings. The molecular weight excluding hydrogens is 306 g/mol. The molecule has 2 amide bonds. The van der Waals surface area contributed by atoms with Crippen LogP contribution < -0.4 is 10.6 Å². The van der Waals surface area contributed by atoms with Gasteiger partial charge in [-0.25, -0.2) is 4.68 Å². The monoisotopic (exact) mass is 329 g/mol. The van der Waals surface area contributed by atoms with Crippen LogP contribution in [0, 0.1) is 6.92 Å². The molecule has 1 aromatic carbocycles. The fourth-order valence-corrected chi connectivity index (χ4v) is 2.11. The molecule has 0 bridgehead atoms. The number of carbonyl (C=O) groups excluding carboxylic acids is 2. The summed E-state index contributed by atoms with van der Waals surface area (Å²) in [5.74, 6) is 0.550. The van der Waals surface area contributed by atoms with Crippen LogP contribution in [0.1, 0.15) is 48.4 Å². The van der Waals surface area contributed by atoms with Crippen LogP contribution >= 0.6 is 0 Å². The Morgan fingerprint density at radius 2 is 1.92 bits per heavy atom. The Balaban J connectivity index is 2.01. The van der Waals surface area contributed by atoms with E-state index in [2.05, 4.69) is 20.7 Å². The highest BCUT2D eigenvalue weighted by atomic mass is 16.2. The van der Waals surface area contributed by atoms with Gasteiger partial charge >= 0.3 is 0 Å². The quantitative estimate of drug-likeness (QED) is 0.878. The zero-order valence-corrected chi connectivity index (χ0v) is 14.6. The summed E-state index contributed by atoms with van der Waals surface area (Å²) in [6.45, 7) is 7.49. The van der Waals surface area contributed by atoms with Crippen molar-refractivity contribution in [1.82, 2.24) is 20.1 Å². The minimum atomic E-state index is -0.697. The van der Waals surface area contributed by atoms with Gasteiger partial charge in [-0.3, -0.25) is 14.9 Å². The summed E-state index contributed by atoms with van der Waals surface area (Å²) in [5, 5.41) is 9.62. The molecule has 2 rings (SSSR count). The normalized spacial score (nSPS) is 12.1. The van der Waals surface area contributed by atoms with E-state index in [9.17, 15) is 9.59 Å². The van der Waals surface area contributed by atoms with Gasteiger partial charge in [0.15, 0.2) is 5.82 Å². The lowest BCUT2D eigenvalue weighted by Crippen LogP contribution is -2.42. The maximum atomic E-state index is 12.3. The van der Waals surface area contributed by atoms with Gasteiger partial charge in [0, 0.05) is 18.5 Å². The summed E-state index contributed by atoms with van der Waals surface area (Å²) in [6, 6.07) is 6.51. The third-order valence-corrected chi connectivity index (χ3v) is 3.55. The van der Waals surface area contributed by atoms with Gasteiger partial charge in [-0.05, 0) is 26.0 Å². The van der Waals surface area contributed by atoms with Crippen molar-refractivity contribution < 1.29 is 9.59 Å². The Bertz CT molecular complexity index is 751. The van der Waals surface area contributed by atoms with Crippen LogP contribution in [0.15, 0.2) is 24.3 Å². The first-order valence-electron chi connectivity index (χ1n) is 7.87. The van der Waals surface area contributed by atoms with Crippen molar-refractivity contribution in [2.45, 2.75) is 39.7 Å². The molecule has 1 atom stereocenters. The van der Waals surface area contributed by atoms with Crippen LogP contribution in [0.5, 0.6) is 0 Å². The van der Waals surface area contributed by atoms with Crippen LogP contribution in [-0.4, -0.2) is 32.6 Å². The number of amides is 2. The number of aromatic nitrogens is 3. The van der Waals surface area contributed by atoms with E-state index in [1.807, 2.05) is 32.9 Å². The maximum absolute atomic E-state index is 12.3. The number of nitrogens with one attached hydrogen (secondary N) is 2. The summed E-state index contributed by atoms with van der Waals surface area (Å²) < 4.78 is 1.52. The van der Waals surface area contributed by atoms with Gasteiger partial charge in [0.1, 0.15) is 6.04 Å². The van der Waals surface area contributed by atoms with Gasteiger partial charge in [0.2, 0.25) is 11.9 Å². The first-order chi connectivity index (χ1) is 11.3. The molecule has 0 aliphatic heterocycles. The Kier molecular flexibility index (Phi) is 5.33. The van der Waals surface area contributed by atoms with Gasteiger partial charge in [0.25, 0.3) is 5.91 Å². The lowest BCUT2D eigenvalue weighted by Gasteiger charge is -2.13. The molecule has 24 heavy (non-hydrogen) atoms. The first-order valence-corrected chi connectivity index (χ1v) is 7.87. The molecule has 1 aromatic heterocycles. The van der Waals surface area contributed by atoms with Crippen LogP contribution in [-0.2, 0) is 11.8 Å². The van der Waals surface area contributed by atoms with Crippen molar-refractivity contribution >= 4 is 17.8 Å². The molecule has 0 aliphatic carbocycles. The van der Waals surface area contributed by atoms with Crippen LogP contribution in [0.2, 0.25) is 0 Å². The smallest absolute Gasteiger partial charge is 0.251 e. The maximum Gasteiger partial charge on any atom is 0.251 e. The highest BCUT2D eigenvalue weighted by molar-refractivity contribution is 6.00. The number of nitrogens with zero attached hydrogens (tertiary/aromatic N) is 3. The zero-order chi connectivity index (χ0) is 17.9. The molecule has 0 spiro atoms. The second-order valence-corrected chi connectivity index (χ2v) is 6.13. The Morgan fingerprint density at radius 3 is 2.50 bits per heavy atom. The largest absolute Gasteiger partial charge is 0.341 e. The van der Waals surface area contributed by atoms with Gasteiger partial charge in [-0.15, -0.1) is 0 Å². The minimum Gasteiger partial charge on any atom is -0.341 e. The highest BCUT2D eigenvalue weighted by Crippen LogP contribution is 2.12.